The zero-order chi connectivity index (χ0) is 12.6. The second-order valence-corrected chi connectivity index (χ2v) is 3.01. The van der Waals surface area contributed by atoms with E-state index >= 15 is 0 Å². The lowest BCUT2D eigenvalue weighted by Gasteiger charge is -2.22. The van der Waals surface area contributed by atoms with Crippen LogP contribution < -0.4 is 5.32 Å². The van der Waals surface area contributed by atoms with Gasteiger partial charge in [0.05, 0.1) is 19.1 Å². The van der Waals surface area contributed by atoms with Gasteiger partial charge in [-0.25, -0.2) is 9.59 Å². The third-order valence-corrected chi connectivity index (χ3v) is 1.94. The van der Waals surface area contributed by atoms with Gasteiger partial charge in [0.15, 0.2) is 6.04 Å². The number of carbonyl (C=O) groups excluding carboxylic acids is 1. The zero-order valence-electron chi connectivity index (χ0n) is 9.01. The van der Waals surface area contributed by atoms with Gasteiger partial charge < -0.3 is 20.4 Å². The maximum atomic E-state index is 11.5. The third kappa shape index (κ3) is 4.61. The lowest BCUT2D eigenvalue weighted by molar-refractivity contribution is -0.140. The van der Waals surface area contributed by atoms with Gasteiger partial charge in [0.1, 0.15) is 0 Å². The van der Waals surface area contributed by atoms with E-state index in [1.54, 1.807) is 6.92 Å². The van der Waals surface area contributed by atoms with Crippen molar-refractivity contribution in [3.05, 3.63) is 0 Å². The van der Waals surface area contributed by atoms with E-state index in [9.17, 15) is 9.59 Å². The van der Waals surface area contributed by atoms with E-state index in [0.29, 0.717) is 6.54 Å². The quantitative estimate of drug-likeness (QED) is 0.561. The molecule has 1 unspecified atom stereocenters. The lowest BCUT2D eigenvalue weighted by Crippen LogP contribution is -2.49. The van der Waals surface area contributed by atoms with Crippen LogP contribution in [0.25, 0.3) is 0 Å². The molecule has 1 atom stereocenters. The van der Waals surface area contributed by atoms with Crippen LogP contribution in [0.15, 0.2) is 0 Å². The van der Waals surface area contributed by atoms with E-state index in [4.69, 9.17) is 15.5 Å². The Labute approximate surface area is 93.3 Å². The molecule has 16 heavy (non-hydrogen) atoms. The summed E-state index contributed by atoms with van der Waals surface area (Å²) in [6.45, 7) is 1.64. The predicted octanol–water partition coefficient (Wildman–Crippen LogP) is -0.623. The highest BCUT2D eigenvalue weighted by Gasteiger charge is 2.21. The molecule has 0 rings (SSSR count). The fraction of sp³-hybridized carbons (Fsp3) is 0.667. The maximum absolute atomic E-state index is 11.5. The number of amides is 2. The zero-order valence-corrected chi connectivity index (χ0v) is 9.01. The van der Waals surface area contributed by atoms with E-state index < -0.39 is 24.6 Å². The smallest absolute Gasteiger partial charge is 0.328 e. The van der Waals surface area contributed by atoms with Crippen LogP contribution in [0.4, 0.5) is 4.79 Å². The summed E-state index contributed by atoms with van der Waals surface area (Å²) in [5.74, 6) is -1.30. The molecule has 0 spiro atoms. The maximum Gasteiger partial charge on any atom is 0.328 e. The Morgan fingerprint density at radius 2 is 2.19 bits per heavy atom. The molecular formula is C9H15N3O4. The molecule has 2 amide bonds. The number of carboxylic acid groups (broad SMARTS) is 1. The molecule has 90 valence electrons. The number of urea groups is 1. The van der Waals surface area contributed by atoms with E-state index in [2.05, 4.69) is 5.32 Å². The van der Waals surface area contributed by atoms with E-state index in [1.807, 2.05) is 6.07 Å². The van der Waals surface area contributed by atoms with Gasteiger partial charge in [-0.2, -0.15) is 5.26 Å². The van der Waals surface area contributed by atoms with Crippen LogP contribution in [0.3, 0.4) is 0 Å². The molecule has 0 saturated heterocycles. The first-order chi connectivity index (χ1) is 7.56. The van der Waals surface area contributed by atoms with Gasteiger partial charge in [-0.15, -0.1) is 0 Å². The summed E-state index contributed by atoms with van der Waals surface area (Å²) in [5.41, 5.74) is 0. The molecule has 0 aliphatic rings. The number of aliphatic hydroxyl groups is 1. The number of aliphatic carboxylic acids is 1. The SMILES string of the molecule is CCN(CCC#N)C(=O)NC(CO)C(=O)O. The fourth-order valence-corrected chi connectivity index (χ4v) is 1.01. The first-order valence-corrected chi connectivity index (χ1v) is 4.82. The number of carbonyl (C=O) groups is 2. The Morgan fingerprint density at radius 1 is 1.56 bits per heavy atom. The van der Waals surface area contributed by atoms with Crippen molar-refractivity contribution in [3.63, 3.8) is 0 Å². The van der Waals surface area contributed by atoms with Crippen LogP contribution in [0, 0.1) is 11.3 Å². The molecule has 0 radical (unpaired) electrons. The minimum atomic E-state index is -1.32. The van der Waals surface area contributed by atoms with Gasteiger partial charge in [0.2, 0.25) is 0 Å². The molecular weight excluding hydrogens is 214 g/mol. The Bertz CT molecular complexity index is 287. The first-order valence-electron chi connectivity index (χ1n) is 4.82. The molecule has 0 aliphatic heterocycles. The van der Waals surface area contributed by atoms with Crippen molar-refractivity contribution in [2.24, 2.45) is 0 Å². The van der Waals surface area contributed by atoms with Crippen molar-refractivity contribution < 1.29 is 19.8 Å². The highest BCUT2D eigenvalue weighted by atomic mass is 16.4. The van der Waals surface area contributed by atoms with Crippen molar-refractivity contribution in [2.75, 3.05) is 19.7 Å². The Morgan fingerprint density at radius 3 is 2.56 bits per heavy atom. The van der Waals surface area contributed by atoms with Crippen molar-refractivity contribution in [1.29, 1.82) is 5.26 Å². The van der Waals surface area contributed by atoms with Gasteiger partial charge in [0.25, 0.3) is 0 Å². The average Bonchev–Trinajstić information content (AvgIpc) is 2.26. The minimum Gasteiger partial charge on any atom is -0.480 e. The monoisotopic (exact) mass is 229 g/mol. The van der Waals surface area contributed by atoms with Crippen molar-refractivity contribution in [3.8, 4) is 6.07 Å². The van der Waals surface area contributed by atoms with Crippen LogP contribution in [-0.2, 0) is 4.79 Å². The highest BCUT2D eigenvalue weighted by Crippen LogP contribution is 1.94. The third-order valence-electron chi connectivity index (χ3n) is 1.94. The molecule has 0 aromatic heterocycles. The van der Waals surface area contributed by atoms with Gasteiger partial charge in [-0.05, 0) is 6.92 Å². The minimum absolute atomic E-state index is 0.179. The summed E-state index contributed by atoms with van der Waals surface area (Å²) in [7, 11) is 0. The normalized spacial score (nSPS) is 11.3. The van der Waals surface area contributed by atoms with Crippen LogP contribution in [0.1, 0.15) is 13.3 Å². The molecule has 7 heteroatoms. The number of nitrogens with zero attached hydrogens (tertiary/aromatic N) is 2. The molecule has 0 bridgehead atoms. The Hall–Kier alpha value is -1.81. The number of hydrogen-bond donors (Lipinski definition) is 3. The Kier molecular flexibility index (Phi) is 6.63. The van der Waals surface area contributed by atoms with E-state index in [-0.39, 0.29) is 13.0 Å². The lowest BCUT2D eigenvalue weighted by atomic mass is 10.3. The summed E-state index contributed by atoms with van der Waals surface area (Å²) in [4.78, 5) is 23.3. The number of hydrogen-bond acceptors (Lipinski definition) is 4. The molecule has 0 fully saturated rings. The molecule has 7 nitrogen and oxygen atoms in total. The second kappa shape index (κ2) is 7.48. The van der Waals surface area contributed by atoms with Crippen LogP contribution in [0.5, 0.6) is 0 Å². The number of rotatable bonds is 6. The van der Waals surface area contributed by atoms with Crippen LogP contribution in [-0.4, -0.2) is 52.9 Å². The Balaban J connectivity index is 4.29. The number of aliphatic hydroxyl groups excluding tert-OH is 1. The van der Waals surface area contributed by atoms with Crippen molar-refractivity contribution >= 4 is 12.0 Å². The van der Waals surface area contributed by atoms with Crippen molar-refractivity contribution in [2.45, 2.75) is 19.4 Å². The van der Waals surface area contributed by atoms with Crippen LogP contribution in [0.2, 0.25) is 0 Å². The number of carboxylic acids is 1. The number of nitrogens with one attached hydrogen (secondary N) is 1. The summed E-state index contributed by atoms with van der Waals surface area (Å²) in [6.07, 6.45) is 0.179. The molecule has 3 N–H and O–H groups in total. The molecule has 0 aliphatic carbocycles. The van der Waals surface area contributed by atoms with Crippen molar-refractivity contribution in [1.82, 2.24) is 10.2 Å². The predicted molar refractivity (Wildman–Crippen MR) is 54.5 cm³/mol. The standard InChI is InChI=1S/C9H15N3O4/c1-2-12(5-3-4-10)9(16)11-7(6-13)8(14)15/h7,13H,2-3,5-6H2,1H3,(H,11,16)(H,14,15). The molecule has 0 heterocycles. The highest BCUT2D eigenvalue weighted by molar-refractivity contribution is 5.82. The summed E-state index contributed by atoms with van der Waals surface area (Å²) in [6, 6.07) is -0.0240. The van der Waals surface area contributed by atoms with E-state index in [0.717, 1.165) is 0 Å². The molecule has 0 saturated carbocycles. The average molecular weight is 229 g/mol. The molecule has 0 aromatic carbocycles. The van der Waals surface area contributed by atoms with Gasteiger partial charge in [-0.3, -0.25) is 0 Å². The van der Waals surface area contributed by atoms with Gasteiger partial charge in [0, 0.05) is 13.1 Å². The summed E-state index contributed by atoms with van der Waals surface area (Å²) in [5, 5.41) is 27.8. The van der Waals surface area contributed by atoms with Crippen LogP contribution >= 0.6 is 0 Å². The summed E-state index contributed by atoms with van der Waals surface area (Å²) < 4.78 is 0. The van der Waals surface area contributed by atoms with Gasteiger partial charge in [-0.1, -0.05) is 0 Å². The largest absolute Gasteiger partial charge is 0.480 e. The van der Waals surface area contributed by atoms with Gasteiger partial charge >= 0.3 is 12.0 Å². The van der Waals surface area contributed by atoms with E-state index in [1.165, 1.54) is 4.90 Å². The fourth-order valence-electron chi connectivity index (χ4n) is 1.01. The topological polar surface area (TPSA) is 114 Å². The number of nitriles is 1. The summed E-state index contributed by atoms with van der Waals surface area (Å²) >= 11 is 0. The first kappa shape index (κ1) is 14.2. The molecule has 0 aromatic rings. The second-order valence-electron chi connectivity index (χ2n) is 3.01.